The quantitative estimate of drug-likeness (QED) is 0.285. The van der Waals surface area contributed by atoms with E-state index in [9.17, 15) is 24.5 Å². The van der Waals surface area contributed by atoms with Crippen molar-refractivity contribution in [2.24, 2.45) is 0 Å². The second kappa shape index (κ2) is 8.63. The summed E-state index contributed by atoms with van der Waals surface area (Å²) < 4.78 is 5.82. The number of thioether (sulfide) groups is 2. The normalized spacial score (nSPS) is 17.8. The van der Waals surface area contributed by atoms with Crippen LogP contribution in [0.2, 0.25) is 0 Å². The number of hydroxylamine groups is 1. The number of hydrogen-bond donors (Lipinski definition) is 1. The third kappa shape index (κ3) is 4.29. The fourth-order valence-corrected chi connectivity index (χ4v) is 5.03. The highest BCUT2D eigenvalue weighted by Gasteiger charge is 2.49. The Morgan fingerprint density at radius 1 is 1.39 bits per heavy atom. The number of nitrogens with zero attached hydrogens (tertiary/aromatic N) is 2. The van der Waals surface area contributed by atoms with E-state index in [0.29, 0.717) is 16.2 Å². The van der Waals surface area contributed by atoms with Gasteiger partial charge in [0.05, 0.1) is 33.8 Å². The SMILES string of the molecule is CONC(=O)CSC1=C(C(=O)OCc2ccc([N+](=O)[O-])cc2)N2C(=O)C[C@@H]2S1. The van der Waals surface area contributed by atoms with Gasteiger partial charge in [-0.15, -0.1) is 11.8 Å². The van der Waals surface area contributed by atoms with E-state index in [2.05, 4.69) is 10.3 Å². The van der Waals surface area contributed by atoms with Crippen LogP contribution in [0.5, 0.6) is 0 Å². The van der Waals surface area contributed by atoms with Gasteiger partial charge in [0.25, 0.3) is 11.6 Å². The van der Waals surface area contributed by atoms with Crippen LogP contribution in [0.4, 0.5) is 5.69 Å². The van der Waals surface area contributed by atoms with Crippen LogP contribution in [0.1, 0.15) is 12.0 Å². The molecule has 0 saturated carbocycles. The maximum absolute atomic E-state index is 12.6. The number of ether oxygens (including phenoxy) is 1. The molecule has 2 aliphatic rings. The number of nitro groups is 1. The summed E-state index contributed by atoms with van der Waals surface area (Å²) in [7, 11) is 1.32. The molecule has 0 aliphatic carbocycles. The van der Waals surface area contributed by atoms with Crippen molar-refractivity contribution >= 4 is 47.0 Å². The van der Waals surface area contributed by atoms with E-state index < -0.39 is 10.9 Å². The third-order valence-electron chi connectivity index (χ3n) is 3.84. The van der Waals surface area contributed by atoms with Crippen LogP contribution in [0.15, 0.2) is 34.2 Å². The van der Waals surface area contributed by atoms with Gasteiger partial charge in [-0.2, -0.15) is 0 Å². The number of rotatable bonds is 8. The Labute approximate surface area is 167 Å². The number of nitrogens with one attached hydrogen (secondary N) is 1. The maximum Gasteiger partial charge on any atom is 0.357 e. The van der Waals surface area contributed by atoms with E-state index >= 15 is 0 Å². The monoisotopic (exact) mass is 425 g/mol. The lowest BCUT2D eigenvalue weighted by Gasteiger charge is -2.34. The molecule has 148 valence electrons. The Morgan fingerprint density at radius 3 is 2.71 bits per heavy atom. The molecule has 0 aromatic heterocycles. The maximum atomic E-state index is 12.6. The van der Waals surface area contributed by atoms with Gasteiger partial charge in [-0.1, -0.05) is 11.8 Å². The van der Waals surface area contributed by atoms with Crippen LogP contribution >= 0.6 is 23.5 Å². The number of fused-ring (bicyclic) bond motifs is 1. The summed E-state index contributed by atoms with van der Waals surface area (Å²) in [6, 6.07) is 5.62. The fourth-order valence-electron chi connectivity index (χ4n) is 2.52. The first-order chi connectivity index (χ1) is 13.4. The predicted molar refractivity (Wildman–Crippen MR) is 100 cm³/mol. The summed E-state index contributed by atoms with van der Waals surface area (Å²) >= 11 is 2.46. The summed E-state index contributed by atoms with van der Waals surface area (Å²) in [6.45, 7) is -0.0974. The largest absolute Gasteiger partial charge is 0.456 e. The second-order valence-electron chi connectivity index (χ2n) is 5.69. The minimum atomic E-state index is -0.684. The summed E-state index contributed by atoms with van der Waals surface area (Å²) in [4.78, 5) is 52.1. The standard InChI is InChI=1S/C16H15N3O7S2/c1-25-17-11(20)8-27-16-14(18-12(21)6-13(18)28-16)15(22)26-7-9-2-4-10(5-3-9)19(23)24/h2-5,13H,6-8H2,1H3,(H,17,20)/t13-/m0/s1. The van der Waals surface area contributed by atoms with Crippen molar-refractivity contribution < 1.29 is 28.9 Å². The van der Waals surface area contributed by atoms with E-state index in [1.165, 1.54) is 48.0 Å². The molecule has 28 heavy (non-hydrogen) atoms. The molecule has 1 N–H and O–H groups in total. The topological polar surface area (TPSA) is 128 Å². The first-order valence-corrected chi connectivity index (χ1v) is 9.85. The summed E-state index contributed by atoms with van der Waals surface area (Å²) in [6.07, 6.45) is 0.318. The number of nitro benzene ring substituents is 1. The highest BCUT2D eigenvalue weighted by atomic mass is 32.2. The number of benzene rings is 1. The number of β-lactam (4-membered cyclic amide) rings is 1. The number of hydrogen-bond acceptors (Lipinski definition) is 9. The lowest BCUT2D eigenvalue weighted by molar-refractivity contribution is -0.384. The molecule has 3 rings (SSSR count). The second-order valence-corrected chi connectivity index (χ2v) is 8.13. The van der Waals surface area contributed by atoms with Gasteiger partial charge in [0.15, 0.2) is 5.70 Å². The molecule has 0 radical (unpaired) electrons. The molecule has 2 aliphatic heterocycles. The van der Waals surface area contributed by atoms with E-state index in [1.807, 2.05) is 0 Å². The van der Waals surface area contributed by atoms with Crippen LogP contribution in [0.3, 0.4) is 0 Å². The van der Waals surface area contributed by atoms with Crippen LogP contribution in [-0.2, 0) is 30.6 Å². The van der Waals surface area contributed by atoms with Crippen LogP contribution in [-0.4, -0.2) is 45.8 Å². The van der Waals surface area contributed by atoms with Gasteiger partial charge in [0.1, 0.15) is 6.61 Å². The van der Waals surface area contributed by atoms with Crippen molar-refractivity contribution in [3.63, 3.8) is 0 Å². The Morgan fingerprint density at radius 2 is 2.11 bits per heavy atom. The Hall–Kier alpha value is -2.57. The molecule has 1 aromatic carbocycles. The van der Waals surface area contributed by atoms with Gasteiger partial charge < -0.3 is 4.74 Å². The predicted octanol–water partition coefficient (Wildman–Crippen LogP) is 1.52. The molecular weight excluding hydrogens is 410 g/mol. The number of carbonyl (C=O) groups excluding carboxylic acids is 3. The molecule has 2 amide bonds. The highest BCUT2D eigenvalue weighted by Crippen LogP contribution is 2.50. The smallest absolute Gasteiger partial charge is 0.357 e. The number of carbonyl (C=O) groups is 3. The third-order valence-corrected chi connectivity index (χ3v) is 6.41. The molecule has 12 heteroatoms. The molecule has 1 saturated heterocycles. The van der Waals surface area contributed by atoms with Gasteiger partial charge in [-0.25, -0.2) is 10.3 Å². The highest BCUT2D eigenvalue weighted by molar-refractivity contribution is 8.23. The molecule has 0 bridgehead atoms. The number of amides is 2. The molecule has 0 unspecified atom stereocenters. The minimum absolute atomic E-state index is 0.0179. The van der Waals surface area contributed by atoms with Crippen molar-refractivity contribution in [3.05, 3.63) is 49.9 Å². The zero-order valence-corrected chi connectivity index (χ0v) is 16.2. The number of esters is 1. The van der Waals surface area contributed by atoms with Gasteiger partial charge in [-0.3, -0.25) is 29.4 Å². The van der Waals surface area contributed by atoms with Crippen molar-refractivity contribution in [2.45, 2.75) is 18.4 Å². The van der Waals surface area contributed by atoms with E-state index in [-0.39, 0.29) is 40.9 Å². The molecule has 0 spiro atoms. The van der Waals surface area contributed by atoms with Crippen molar-refractivity contribution in [3.8, 4) is 0 Å². The molecule has 2 heterocycles. The molecule has 10 nitrogen and oxygen atoms in total. The van der Waals surface area contributed by atoms with E-state index in [0.717, 1.165) is 11.8 Å². The van der Waals surface area contributed by atoms with Gasteiger partial charge in [0, 0.05) is 12.1 Å². The van der Waals surface area contributed by atoms with Crippen molar-refractivity contribution in [2.75, 3.05) is 12.9 Å². The van der Waals surface area contributed by atoms with Crippen molar-refractivity contribution in [1.29, 1.82) is 0 Å². The van der Waals surface area contributed by atoms with E-state index in [4.69, 9.17) is 4.74 Å². The van der Waals surface area contributed by atoms with Crippen molar-refractivity contribution in [1.82, 2.24) is 10.4 Å². The zero-order valence-electron chi connectivity index (χ0n) is 14.6. The van der Waals surface area contributed by atoms with Gasteiger partial charge in [-0.05, 0) is 17.7 Å². The zero-order chi connectivity index (χ0) is 20.3. The number of non-ortho nitro benzene ring substituents is 1. The van der Waals surface area contributed by atoms with E-state index in [1.54, 1.807) is 0 Å². The van der Waals surface area contributed by atoms with Crippen LogP contribution < -0.4 is 5.48 Å². The average Bonchev–Trinajstić information content (AvgIpc) is 2.97. The lowest BCUT2D eigenvalue weighted by Crippen LogP contribution is -2.48. The fraction of sp³-hybridized carbons (Fsp3) is 0.312. The minimum Gasteiger partial charge on any atom is -0.456 e. The van der Waals surface area contributed by atoms with Gasteiger partial charge >= 0.3 is 5.97 Å². The Kier molecular flexibility index (Phi) is 6.21. The Balaban J connectivity index is 1.67. The molecular formula is C16H15N3O7S2. The lowest BCUT2D eigenvalue weighted by atomic mass is 10.2. The Bertz CT molecular complexity index is 856. The molecule has 1 fully saturated rings. The molecule has 1 atom stereocenters. The van der Waals surface area contributed by atoms with Gasteiger partial charge in [0.2, 0.25) is 5.91 Å². The first-order valence-electron chi connectivity index (χ1n) is 7.98. The molecule has 1 aromatic rings. The average molecular weight is 425 g/mol. The summed E-state index contributed by atoms with van der Waals surface area (Å²) in [5.41, 5.74) is 2.82. The van der Waals surface area contributed by atoms with Crippen LogP contribution in [0.25, 0.3) is 0 Å². The summed E-state index contributed by atoms with van der Waals surface area (Å²) in [5, 5.41) is 10.5. The first kappa shape index (κ1) is 20.2. The van der Waals surface area contributed by atoms with Crippen LogP contribution in [0, 0.1) is 10.1 Å². The summed E-state index contributed by atoms with van der Waals surface area (Å²) in [5.74, 6) is -1.23.